The first kappa shape index (κ1) is 9.00. The van der Waals surface area contributed by atoms with Crippen molar-refractivity contribution in [3.8, 4) is 0 Å². The van der Waals surface area contributed by atoms with Crippen molar-refractivity contribution >= 4 is 5.97 Å². The lowest BCUT2D eigenvalue weighted by molar-refractivity contribution is -0.145. The summed E-state index contributed by atoms with van der Waals surface area (Å²) in [4.78, 5) is 10.6. The molecule has 0 amide bonds. The molecular formula is C9H12O3. The van der Waals surface area contributed by atoms with Crippen LogP contribution in [-0.4, -0.2) is 24.3 Å². The van der Waals surface area contributed by atoms with Crippen LogP contribution in [0.5, 0.6) is 0 Å². The molecule has 0 radical (unpaired) electrons. The summed E-state index contributed by atoms with van der Waals surface area (Å²) in [5, 5.41) is 8.73. The molecular weight excluding hydrogens is 156 g/mol. The zero-order chi connectivity index (χ0) is 8.97. The van der Waals surface area contributed by atoms with Gasteiger partial charge in [0.1, 0.15) is 0 Å². The Morgan fingerprint density at radius 2 is 2.42 bits per heavy atom. The van der Waals surface area contributed by atoms with Crippen molar-refractivity contribution in [2.75, 3.05) is 7.11 Å². The van der Waals surface area contributed by atoms with Crippen LogP contribution in [0.3, 0.4) is 0 Å². The number of carboxylic acid groups (broad SMARTS) is 1. The molecule has 1 aliphatic rings. The van der Waals surface area contributed by atoms with Crippen LogP contribution in [0.15, 0.2) is 23.8 Å². The van der Waals surface area contributed by atoms with Crippen molar-refractivity contribution in [2.24, 2.45) is 0 Å². The molecule has 0 spiro atoms. The lowest BCUT2D eigenvalue weighted by atomic mass is 10.0. The van der Waals surface area contributed by atoms with E-state index in [0.29, 0.717) is 0 Å². The maximum absolute atomic E-state index is 10.6. The van der Waals surface area contributed by atoms with Crippen molar-refractivity contribution < 1.29 is 14.6 Å². The standard InChI is InChI=1S/C9H12O3/c1-12-8(9(10)11)7-5-3-2-4-6-7/h3,5-6,8H,2,4H2,1H3,(H,10,11)/t8-/m1/s1. The summed E-state index contributed by atoms with van der Waals surface area (Å²) in [6.07, 6.45) is 6.76. The summed E-state index contributed by atoms with van der Waals surface area (Å²) >= 11 is 0. The normalized spacial score (nSPS) is 18.6. The van der Waals surface area contributed by atoms with Gasteiger partial charge in [0.05, 0.1) is 0 Å². The molecule has 0 aliphatic heterocycles. The Morgan fingerprint density at radius 1 is 1.67 bits per heavy atom. The minimum absolute atomic E-state index is 0.747. The van der Waals surface area contributed by atoms with Crippen LogP contribution >= 0.6 is 0 Å². The Labute approximate surface area is 71.3 Å². The van der Waals surface area contributed by atoms with E-state index in [4.69, 9.17) is 9.84 Å². The molecule has 1 rings (SSSR count). The molecule has 0 fully saturated rings. The second-order valence-corrected chi connectivity index (χ2v) is 2.64. The summed E-state index contributed by atoms with van der Waals surface area (Å²) in [6, 6.07) is 0. The largest absolute Gasteiger partial charge is 0.479 e. The summed E-state index contributed by atoms with van der Waals surface area (Å²) in [5.41, 5.74) is 0.747. The van der Waals surface area contributed by atoms with Gasteiger partial charge in [0.15, 0.2) is 6.10 Å². The molecule has 0 bridgehead atoms. The molecule has 0 aromatic carbocycles. The van der Waals surface area contributed by atoms with Gasteiger partial charge < -0.3 is 9.84 Å². The predicted octanol–water partition coefficient (Wildman–Crippen LogP) is 1.36. The fourth-order valence-electron chi connectivity index (χ4n) is 1.21. The number of carboxylic acids is 1. The van der Waals surface area contributed by atoms with Crippen LogP contribution in [-0.2, 0) is 9.53 Å². The van der Waals surface area contributed by atoms with E-state index in [9.17, 15) is 4.79 Å². The average molecular weight is 168 g/mol. The SMILES string of the molecule is CO[C@@H](C(=O)O)C1=CCCC=C1. The molecule has 0 heterocycles. The van der Waals surface area contributed by atoms with E-state index >= 15 is 0 Å². The van der Waals surface area contributed by atoms with Crippen molar-refractivity contribution in [1.29, 1.82) is 0 Å². The third kappa shape index (κ3) is 1.95. The zero-order valence-electron chi connectivity index (χ0n) is 6.99. The Kier molecular flexibility index (Phi) is 3.05. The molecule has 0 unspecified atom stereocenters. The van der Waals surface area contributed by atoms with Gasteiger partial charge in [-0.25, -0.2) is 4.79 Å². The van der Waals surface area contributed by atoms with Crippen LogP contribution in [0, 0.1) is 0 Å². The first-order chi connectivity index (χ1) is 5.75. The third-order valence-corrected chi connectivity index (χ3v) is 1.79. The first-order valence-electron chi connectivity index (χ1n) is 3.88. The highest BCUT2D eigenvalue weighted by atomic mass is 16.5. The molecule has 1 atom stereocenters. The van der Waals surface area contributed by atoms with E-state index in [0.717, 1.165) is 18.4 Å². The number of rotatable bonds is 3. The Morgan fingerprint density at radius 3 is 2.83 bits per heavy atom. The highest BCUT2D eigenvalue weighted by Crippen LogP contribution is 2.15. The van der Waals surface area contributed by atoms with E-state index in [1.165, 1.54) is 7.11 Å². The second-order valence-electron chi connectivity index (χ2n) is 2.64. The lowest BCUT2D eigenvalue weighted by Gasteiger charge is -2.13. The van der Waals surface area contributed by atoms with E-state index in [1.54, 1.807) is 0 Å². The van der Waals surface area contributed by atoms with Crippen molar-refractivity contribution in [3.05, 3.63) is 23.8 Å². The number of carbonyl (C=O) groups is 1. The van der Waals surface area contributed by atoms with Gasteiger partial charge in [-0.05, 0) is 18.4 Å². The minimum atomic E-state index is -0.935. The van der Waals surface area contributed by atoms with Gasteiger partial charge >= 0.3 is 5.97 Å². The molecule has 1 N–H and O–H groups in total. The molecule has 0 saturated heterocycles. The fraction of sp³-hybridized carbons (Fsp3) is 0.444. The highest BCUT2D eigenvalue weighted by Gasteiger charge is 2.19. The third-order valence-electron chi connectivity index (χ3n) is 1.79. The van der Waals surface area contributed by atoms with E-state index in [-0.39, 0.29) is 0 Å². The summed E-state index contributed by atoms with van der Waals surface area (Å²) in [6.45, 7) is 0. The molecule has 3 heteroatoms. The molecule has 1 aliphatic carbocycles. The zero-order valence-corrected chi connectivity index (χ0v) is 6.99. The van der Waals surface area contributed by atoms with Gasteiger partial charge in [-0.3, -0.25) is 0 Å². The smallest absolute Gasteiger partial charge is 0.337 e. The molecule has 3 nitrogen and oxygen atoms in total. The average Bonchev–Trinajstić information content (AvgIpc) is 2.07. The van der Waals surface area contributed by atoms with Gasteiger partial charge in [0, 0.05) is 7.11 Å². The summed E-state index contributed by atoms with van der Waals surface area (Å²) < 4.78 is 4.83. The highest BCUT2D eigenvalue weighted by molar-refractivity contribution is 5.77. The Hall–Kier alpha value is -1.09. The Balaban J connectivity index is 2.71. The molecule has 12 heavy (non-hydrogen) atoms. The number of aliphatic carboxylic acids is 1. The lowest BCUT2D eigenvalue weighted by Crippen LogP contribution is -2.24. The van der Waals surface area contributed by atoms with Gasteiger partial charge in [0.25, 0.3) is 0 Å². The number of hydrogen-bond acceptors (Lipinski definition) is 2. The van der Waals surface area contributed by atoms with Gasteiger partial charge in [-0.15, -0.1) is 0 Å². The Bertz CT molecular complexity index is 228. The molecule has 0 aromatic heterocycles. The minimum Gasteiger partial charge on any atom is -0.479 e. The summed E-state index contributed by atoms with van der Waals surface area (Å²) in [7, 11) is 1.40. The number of hydrogen-bond donors (Lipinski definition) is 1. The van der Waals surface area contributed by atoms with E-state index in [1.807, 2.05) is 18.2 Å². The molecule has 66 valence electrons. The van der Waals surface area contributed by atoms with Crippen LogP contribution in [0.1, 0.15) is 12.8 Å². The molecule has 0 saturated carbocycles. The summed E-state index contributed by atoms with van der Waals surface area (Å²) in [5.74, 6) is -0.935. The number of allylic oxidation sites excluding steroid dienone is 2. The topological polar surface area (TPSA) is 46.5 Å². The van der Waals surface area contributed by atoms with Crippen LogP contribution in [0.2, 0.25) is 0 Å². The van der Waals surface area contributed by atoms with Gasteiger partial charge in [-0.2, -0.15) is 0 Å². The van der Waals surface area contributed by atoms with Crippen molar-refractivity contribution in [1.82, 2.24) is 0 Å². The predicted molar refractivity (Wildman–Crippen MR) is 44.9 cm³/mol. The monoisotopic (exact) mass is 168 g/mol. The quantitative estimate of drug-likeness (QED) is 0.692. The van der Waals surface area contributed by atoms with E-state index in [2.05, 4.69) is 0 Å². The maximum Gasteiger partial charge on any atom is 0.337 e. The first-order valence-corrected chi connectivity index (χ1v) is 3.88. The fourth-order valence-corrected chi connectivity index (χ4v) is 1.21. The maximum atomic E-state index is 10.6. The van der Waals surface area contributed by atoms with Crippen LogP contribution < -0.4 is 0 Å². The van der Waals surface area contributed by atoms with Gasteiger partial charge in [0.2, 0.25) is 0 Å². The number of methoxy groups -OCH3 is 1. The second kappa shape index (κ2) is 4.07. The van der Waals surface area contributed by atoms with Gasteiger partial charge in [-0.1, -0.05) is 18.2 Å². The van der Waals surface area contributed by atoms with Crippen LogP contribution in [0.25, 0.3) is 0 Å². The van der Waals surface area contributed by atoms with Crippen molar-refractivity contribution in [2.45, 2.75) is 18.9 Å². The van der Waals surface area contributed by atoms with Crippen molar-refractivity contribution in [3.63, 3.8) is 0 Å². The van der Waals surface area contributed by atoms with Crippen LogP contribution in [0.4, 0.5) is 0 Å². The molecule has 0 aromatic rings. The van der Waals surface area contributed by atoms with E-state index < -0.39 is 12.1 Å². The number of ether oxygens (including phenoxy) is 1.